The zero-order chi connectivity index (χ0) is 14.4. The molecule has 1 rings (SSSR count). The van der Waals surface area contributed by atoms with E-state index in [1.54, 1.807) is 6.92 Å². The van der Waals surface area contributed by atoms with Crippen LogP contribution in [0.5, 0.6) is 5.75 Å². The summed E-state index contributed by atoms with van der Waals surface area (Å²) >= 11 is 0. The first-order chi connectivity index (χ1) is 8.95. The summed E-state index contributed by atoms with van der Waals surface area (Å²) in [7, 11) is 0. The number of hydrogen-bond donors (Lipinski definition) is 2. The largest absolute Gasteiger partial charge is 0.481 e. The molecule has 0 aliphatic heterocycles. The molecule has 0 fully saturated rings. The quantitative estimate of drug-likeness (QED) is 0.832. The number of benzene rings is 1. The fourth-order valence-electron chi connectivity index (χ4n) is 1.57. The first kappa shape index (κ1) is 15.4. The van der Waals surface area contributed by atoms with Crippen LogP contribution in [0.2, 0.25) is 0 Å². The summed E-state index contributed by atoms with van der Waals surface area (Å²) in [5.41, 5.74) is 0.204. The van der Waals surface area contributed by atoms with Crippen molar-refractivity contribution >= 4 is 5.91 Å². The van der Waals surface area contributed by atoms with Gasteiger partial charge in [-0.1, -0.05) is 6.92 Å². The average molecular weight is 269 g/mol. The molecule has 0 aliphatic rings. The molecule has 0 heterocycles. The molecular weight excluding hydrogens is 249 g/mol. The summed E-state index contributed by atoms with van der Waals surface area (Å²) < 4.78 is 19.0. The Morgan fingerprint density at radius 2 is 2.16 bits per heavy atom. The van der Waals surface area contributed by atoms with Gasteiger partial charge in [0.2, 0.25) is 0 Å². The van der Waals surface area contributed by atoms with Gasteiger partial charge in [0.05, 0.1) is 6.10 Å². The number of rotatable bonds is 6. The Kier molecular flexibility index (Phi) is 5.76. The maximum Gasteiger partial charge on any atom is 0.260 e. The number of ether oxygens (including phenoxy) is 1. The van der Waals surface area contributed by atoms with Crippen molar-refractivity contribution in [3.05, 3.63) is 29.6 Å². The van der Waals surface area contributed by atoms with Crippen LogP contribution in [0.25, 0.3) is 0 Å². The maximum absolute atomic E-state index is 13.6. The van der Waals surface area contributed by atoms with E-state index in [9.17, 15) is 14.3 Å². The third kappa shape index (κ3) is 4.52. The van der Waals surface area contributed by atoms with E-state index >= 15 is 0 Å². The van der Waals surface area contributed by atoms with Crippen LogP contribution in [-0.2, 0) is 4.79 Å². The third-order valence-electron chi connectivity index (χ3n) is 2.65. The highest BCUT2D eigenvalue weighted by Gasteiger charge is 2.15. The van der Waals surface area contributed by atoms with Crippen molar-refractivity contribution in [3.8, 4) is 5.75 Å². The van der Waals surface area contributed by atoms with Crippen LogP contribution < -0.4 is 10.1 Å². The Balaban J connectivity index is 2.67. The van der Waals surface area contributed by atoms with Gasteiger partial charge in [-0.2, -0.15) is 0 Å². The zero-order valence-electron chi connectivity index (χ0n) is 11.4. The van der Waals surface area contributed by atoms with Gasteiger partial charge in [0.25, 0.3) is 5.91 Å². The molecule has 0 bridgehead atoms. The van der Waals surface area contributed by atoms with Crippen LogP contribution in [-0.4, -0.2) is 23.7 Å². The zero-order valence-corrected chi connectivity index (χ0v) is 11.4. The van der Waals surface area contributed by atoms with Gasteiger partial charge in [0.15, 0.2) is 6.10 Å². The lowest BCUT2D eigenvalue weighted by Gasteiger charge is -2.15. The maximum atomic E-state index is 13.6. The summed E-state index contributed by atoms with van der Waals surface area (Å²) in [4.78, 5) is 11.6. The average Bonchev–Trinajstić information content (AvgIpc) is 2.35. The van der Waals surface area contributed by atoms with E-state index < -0.39 is 18.0 Å². The van der Waals surface area contributed by atoms with Crippen molar-refractivity contribution in [1.29, 1.82) is 0 Å². The Morgan fingerprint density at radius 1 is 1.47 bits per heavy atom. The molecule has 0 aromatic heterocycles. The van der Waals surface area contributed by atoms with Crippen LogP contribution in [0.15, 0.2) is 18.2 Å². The van der Waals surface area contributed by atoms with Crippen LogP contribution in [0.1, 0.15) is 38.9 Å². The first-order valence-electron chi connectivity index (χ1n) is 6.37. The normalized spacial score (nSPS) is 13.7. The molecule has 4 nitrogen and oxygen atoms in total. The predicted molar refractivity (Wildman–Crippen MR) is 70.4 cm³/mol. The van der Waals surface area contributed by atoms with Crippen molar-refractivity contribution in [2.45, 2.75) is 39.4 Å². The van der Waals surface area contributed by atoms with Crippen molar-refractivity contribution < 1.29 is 19.0 Å². The standard InChI is InChI=1S/C14H20FNO3/c1-4-7-16-14(18)10(3)19-11-5-6-12(9(2)17)13(15)8-11/h5-6,8-10,17H,4,7H2,1-3H3,(H,16,18)/t9-,10?/m1/s1. The molecule has 5 heteroatoms. The van der Waals surface area contributed by atoms with Gasteiger partial charge in [-0.15, -0.1) is 0 Å². The van der Waals surface area contributed by atoms with E-state index in [0.29, 0.717) is 6.54 Å². The van der Waals surface area contributed by atoms with Gasteiger partial charge in [0, 0.05) is 18.2 Å². The number of aliphatic hydroxyl groups is 1. The molecule has 1 unspecified atom stereocenters. The monoisotopic (exact) mass is 269 g/mol. The van der Waals surface area contributed by atoms with Crippen molar-refractivity contribution in [2.24, 2.45) is 0 Å². The lowest BCUT2D eigenvalue weighted by Crippen LogP contribution is -2.36. The molecule has 19 heavy (non-hydrogen) atoms. The van der Waals surface area contributed by atoms with Crippen molar-refractivity contribution in [3.63, 3.8) is 0 Å². The molecule has 1 aromatic rings. The fraction of sp³-hybridized carbons (Fsp3) is 0.500. The minimum atomic E-state index is -0.876. The lowest BCUT2D eigenvalue weighted by molar-refractivity contribution is -0.127. The third-order valence-corrected chi connectivity index (χ3v) is 2.65. The minimum Gasteiger partial charge on any atom is -0.481 e. The number of hydrogen-bond acceptors (Lipinski definition) is 3. The summed E-state index contributed by atoms with van der Waals surface area (Å²) in [6.45, 7) is 5.63. The summed E-state index contributed by atoms with van der Waals surface area (Å²) in [6, 6.07) is 4.16. The highest BCUT2D eigenvalue weighted by molar-refractivity contribution is 5.80. The van der Waals surface area contributed by atoms with E-state index in [-0.39, 0.29) is 17.2 Å². The van der Waals surface area contributed by atoms with Gasteiger partial charge in [-0.3, -0.25) is 4.79 Å². The number of carbonyl (C=O) groups is 1. The number of amides is 1. The second kappa shape index (κ2) is 7.09. The minimum absolute atomic E-state index is 0.204. The molecule has 0 spiro atoms. The van der Waals surface area contributed by atoms with Gasteiger partial charge in [-0.25, -0.2) is 4.39 Å². The molecule has 0 aliphatic carbocycles. The van der Waals surface area contributed by atoms with Crippen LogP contribution in [0.4, 0.5) is 4.39 Å². The first-order valence-corrected chi connectivity index (χ1v) is 6.37. The van der Waals surface area contributed by atoms with Crippen molar-refractivity contribution in [2.75, 3.05) is 6.54 Å². The van der Waals surface area contributed by atoms with Gasteiger partial charge < -0.3 is 15.2 Å². The molecule has 1 aromatic carbocycles. The molecule has 106 valence electrons. The van der Waals surface area contributed by atoms with E-state index in [1.807, 2.05) is 6.92 Å². The molecule has 2 N–H and O–H groups in total. The van der Waals surface area contributed by atoms with E-state index in [2.05, 4.69) is 5.32 Å². The molecule has 0 saturated heterocycles. The van der Waals surface area contributed by atoms with Gasteiger partial charge >= 0.3 is 0 Å². The van der Waals surface area contributed by atoms with Crippen molar-refractivity contribution in [1.82, 2.24) is 5.32 Å². The number of carbonyl (C=O) groups excluding carboxylic acids is 1. The van der Waals surface area contributed by atoms with Crippen LogP contribution >= 0.6 is 0 Å². The number of nitrogens with one attached hydrogen (secondary N) is 1. The molecule has 0 radical (unpaired) electrons. The summed E-state index contributed by atoms with van der Waals surface area (Å²) in [5, 5.41) is 12.0. The summed E-state index contributed by atoms with van der Waals surface area (Å²) in [5.74, 6) is -0.517. The summed E-state index contributed by atoms with van der Waals surface area (Å²) in [6.07, 6.45) is -0.724. The Labute approximate surface area is 112 Å². The van der Waals surface area contributed by atoms with E-state index in [1.165, 1.54) is 25.1 Å². The van der Waals surface area contributed by atoms with Crippen LogP contribution in [0.3, 0.4) is 0 Å². The molecule has 2 atom stereocenters. The van der Waals surface area contributed by atoms with Gasteiger partial charge in [0.1, 0.15) is 11.6 Å². The molecule has 0 saturated carbocycles. The number of halogens is 1. The van der Waals surface area contributed by atoms with E-state index in [4.69, 9.17) is 4.74 Å². The Morgan fingerprint density at radius 3 is 2.68 bits per heavy atom. The fourth-order valence-corrected chi connectivity index (χ4v) is 1.57. The van der Waals surface area contributed by atoms with E-state index in [0.717, 1.165) is 6.42 Å². The second-order valence-corrected chi connectivity index (χ2v) is 4.41. The SMILES string of the molecule is CCCNC(=O)C(C)Oc1ccc([C@@H](C)O)c(F)c1. The number of aliphatic hydroxyl groups excluding tert-OH is 1. The topological polar surface area (TPSA) is 58.6 Å². The highest BCUT2D eigenvalue weighted by atomic mass is 19.1. The van der Waals surface area contributed by atoms with Gasteiger partial charge in [-0.05, 0) is 32.4 Å². The highest BCUT2D eigenvalue weighted by Crippen LogP contribution is 2.22. The lowest BCUT2D eigenvalue weighted by atomic mass is 10.1. The predicted octanol–water partition coefficient (Wildman–Crippen LogP) is 2.17. The smallest absolute Gasteiger partial charge is 0.260 e. The molecular formula is C14H20FNO3. The Hall–Kier alpha value is -1.62. The Bertz CT molecular complexity index is 435. The molecule has 1 amide bonds. The second-order valence-electron chi connectivity index (χ2n) is 4.41. The van der Waals surface area contributed by atoms with Crippen LogP contribution in [0, 0.1) is 5.82 Å².